The first-order valence-corrected chi connectivity index (χ1v) is 6.66. The Morgan fingerprint density at radius 3 is 2.42 bits per heavy atom. The molecule has 106 valence electrons. The van der Waals surface area contributed by atoms with E-state index in [0.717, 1.165) is 24.1 Å². The molecular formula is C15H24N2O2. The topological polar surface area (TPSA) is 75.4 Å². The van der Waals surface area contributed by atoms with E-state index in [4.69, 9.17) is 10.8 Å². The summed E-state index contributed by atoms with van der Waals surface area (Å²) >= 11 is 0. The highest BCUT2D eigenvalue weighted by Gasteiger charge is 2.18. The molecule has 0 saturated carbocycles. The van der Waals surface area contributed by atoms with Gasteiger partial charge in [0.25, 0.3) is 0 Å². The van der Waals surface area contributed by atoms with Gasteiger partial charge in [0.05, 0.1) is 6.61 Å². The second kappa shape index (κ2) is 7.26. The van der Waals surface area contributed by atoms with Gasteiger partial charge in [-0.2, -0.15) is 0 Å². The first kappa shape index (κ1) is 15.7. The van der Waals surface area contributed by atoms with Crippen LogP contribution >= 0.6 is 0 Å². The van der Waals surface area contributed by atoms with E-state index in [2.05, 4.69) is 19.2 Å². The van der Waals surface area contributed by atoms with E-state index in [1.165, 1.54) is 0 Å². The van der Waals surface area contributed by atoms with Crippen LogP contribution in [0, 0.1) is 5.41 Å². The average molecular weight is 264 g/mol. The van der Waals surface area contributed by atoms with E-state index in [0.29, 0.717) is 13.0 Å². The van der Waals surface area contributed by atoms with E-state index in [9.17, 15) is 4.79 Å². The standard InChI is InChI=1S/C15H24N2O2/c1-15(2,9-10-16)8-7-14(19)17-13-5-3-12(11-18)4-6-13/h3-6,18H,7-11,16H2,1-2H3,(H,17,19). The highest BCUT2D eigenvalue weighted by atomic mass is 16.3. The van der Waals surface area contributed by atoms with Crippen LogP contribution in [-0.2, 0) is 11.4 Å². The van der Waals surface area contributed by atoms with Crippen molar-refractivity contribution in [3.8, 4) is 0 Å². The third kappa shape index (κ3) is 5.85. The Morgan fingerprint density at radius 1 is 1.26 bits per heavy atom. The molecule has 4 nitrogen and oxygen atoms in total. The van der Waals surface area contributed by atoms with Crippen molar-refractivity contribution in [2.24, 2.45) is 11.1 Å². The van der Waals surface area contributed by atoms with Crippen molar-refractivity contribution >= 4 is 11.6 Å². The molecule has 0 aromatic heterocycles. The Balaban J connectivity index is 2.42. The summed E-state index contributed by atoms with van der Waals surface area (Å²) in [5.41, 5.74) is 7.25. The lowest BCUT2D eigenvalue weighted by Gasteiger charge is -2.23. The zero-order valence-electron chi connectivity index (χ0n) is 11.8. The number of nitrogens with two attached hydrogens (primary N) is 1. The summed E-state index contributed by atoms with van der Waals surface area (Å²) in [5.74, 6) is 0.0156. The van der Waals surface area contributed by atoms with E-state index in [1.807, 2.05) is 0 Å². The van der Waals surface area contributed by atoms with E-state index in [1.54, 1.807) is 24.3 Å². The van der Waals surface area contributed by atoms with Crippen LogP contribution in [0.4, 0.5) is 5.69 Å². The van der Waals surface area contributed by atoms with Crippen LogP contribution in [0.15, 0.2) is 24.3 Å². The summed E-state index contributed by atoms with van der Waals surface area (Å²) in [5, 5.41) is 11.8. The van der Waals surface area contributed by atoms with Gasteiger partial charge in [-0.25, -0.2) is 0 Å². The van der Waals surface area contributed by atoms with Crippen molar-refractivity contribution < 1.29 is 9.90 Å². The minimum atomic E-state index is 0.0154. The third-order valence-electron chi connectivity index (χ3n) is 3.27. The monoisotopic (exact) mass is 264 g/mol. The average Bonchev–Trinajstić information content (AvgIpc) is 2.37. The van der Waals surface area contributed by atoms with Gasteiger partial charge in [-0.3, -0.25) is 4.79 Å². The second-order valence-corrected chi connectivity index (χ2v) is 5.61. The van der Waals surface area contributed by atoms with Crippen LogP contribution < -0.4 is 11.1 Å². The molecule has 0 aliphatic heterocycles. The van der Waals surface area contributed by atoms with Gasteiger partial charge in [0.15, 0.2) is 0 Å². The lowest BCUT2D eigenvalue weighted by Crippen LogP contribution is -2.20. The fourth-order valence-corrected chi connectivity index (χ4v) is 1.88. The third-order valence-corrected chi connectivity index (χ3v) is 3.27. The number of anilines is 1. The zero-order valence-corrected chi connectivity index (χ0v) is 11.8. The van der Waals surface area contributed by atoms with Crippen molar-refractivity contribution in [1.82, 2.24) is 0 Å². The summed E-state index contributed by atoms with van der Waals surface area (Å²) in [7, 11) is 0. The fourth-order valence-electron chi connectivity index (χ4n) is 1.88. The number of rotatable bonds is 7. The number of hydrogen-bond acceptors (Lipinski definition) is 3. The van der Waals surface area contributed by atoms with Crippen LogP contribution in [-0.4, -0.2) is 17.6 Å². The number of aliphatic hydroxyl groups is 1. The Hall–Kier alpha value is -1.39. The SMILES string of the molecule is CC(C)(CCN)CCC(=O)Nc1ccc(CO)cc1. The largest absolute Gasteiger partial charge is 0.392 e. The van der Waals surface area contributed by atoms with Gasteiger partial charge >= 0.3 is 0 Å². The van der Waals surface area contributed by atoms with E-state index >= 15 is 0 Å². The molecule has 19 heavy (non-hydrogen) atoms. The van der Waals surface area contributed by atoms with Crippen molar-refractivity contribution in [3.63, 3.8) is 0 Å². The Bertz CT molecular complexity index is 399. The maximum absolute atomic E-state index is 11.8. The summed E-state index contributed by atoms with van der Waals surface area (Å²) in [6, 6.07) is 7.20. The Morgan fingerprint density at radius 2 is 1.89 bits per heavy atom. The molecule has 0 radical (unpaired) electrons. The number of aliphatic hydroxyl groups excluding tert-OH is 1. The van der Waals surface area contributed by atoms with Crippen molar-refractivity contribution in [1.29, 1.82) is 0 Å². The molecule has 0 aliphatic rings. The van der Waals surface area contributed by atoms with Gasteiger partial charge in [0.1, 0.15) is 0 Å². The summed E-state index contributed by atoms with van der Waals surface area (Å²) in [6.45, 7) is 4.92. The summed E-state index contributed by atoms with van der Waals surface area (Å²) in [6.07, 6.45) is 2.24. The molecule has 1 aromatic rings. The fraction of sp³-hybridized carbons (Fsp3) is 0.533. The summed E-state index contributed by atoms with van der Waals surface area (Å²) in [4.78, 5) is 11.8. The molecule has 0 bridgehead atoms. The van der Waals surface area contributed by atoms with Gasteiger partial charge in [-0.15, -0.1) is 0 Å². The predicted octanol–water partition coefficient (Wildman–Crippen LogP) is 2.27. The van der Waals surface area contributed by atoms with Gasteiger partial charge < -0.3 is 16.2 Å². The molecular weight excluding hydrogens is 240 g/mol. The first-order chi connectivity index (χ1) is 8.96. The van der Waals surface area contributed by atoms with Crippen molar-refractivity contribution in [2.45, 2.75) is 39.7 Å². The Kier molecular flexibility index (Phi) is 5.99. The van der Waals surface area contributed by atoms with Crippen LogP contribution in [0.3, 0.4) is 0 Å². The molecule has 0 aliphatic carbocycles. The Labute approximate surface area is 115 Å². The highest BCUT2D eigenvalue weighted by Crippen LogP contribution is 2.26. The molecule has 4 N–H and O–H groups in total. The van der Waals surface area contributed by atoms with Crippen molar-refractivity contribution in [2.75, 3.05) is 11.9 Å². The maximum Gasteiger partial charge on any atom is 0.224 e. The molecule has 0 fully saturated rings. The van der Waals surface area contributed by atoms with Crippen LogP contribution in [0.2, 0.25) is 0 Å². The maximum atomic E-state index is 11.8. The van der Waals surface area contributed by atoms with Crippen molar-refractivity contribution in [3.05, 3.63) is 29.8 Å². The lowest BCUT2D eigenvalue weighted by atomic mass is 9.84. The van der Waals surface area contributed by atoms with E-state index in [-0.39, 0.29) is 17.9 Å². The molecule has 1 amide bonds. The minimum absolute atomic E-state index is 0.0154. The number of amides is 1. The molecule has 1 rings (SSSR count). The van der Waals surface area contributed by atoms with Crippen LogP contribution in [0.1, 0.15) is 38.7 Å². The smallest absolute Gasteiger partial charge is 0.224 e. The number of hydrogen-bond donors (Lipinski definition) is 3. The number of carbonyl (C=O) groups is 1. The molecule has 0 unspecified atom stereocenters. The normalized spacial score (nSPS) is 11.4. The number of benzene rings is 1. The summed E-state index contributed by atoms with van der Waals surface area (Å²) < 4.78 is 0. The van der Waals surface area contributed by atoms with Crippen LogP contribution in [0.5, 0.6) is 0 Å². The number of nitrogens with one attached hydrogen (secondary N) is 1. The quantitative estimate of drug-likeness (QED) is 0.707. The second-order valence-electron chi connectivity index (χ2n) is 5.61. The predicted molar refractivity (Wildman–Crippen MR) is 77.7 cm³/mol. The number of carbonyl (C=O) groups excluding carboxylic acids is 1. The zero-order chi connectivity index (χ0) is 14.3. The van der Waals surface area contributed by atoms with Gasteiger partial charge in [0, 0.05) is 12.1 Å². The van der Waals surface area contributed by atoms with E-state index < -0.39 is 0 Å². The molecule has 1 aromatic carbocycles. The van der Waals surface area contributed by atoms with Crippen LogP contribution in [0.25, 0.3) is 0 Å². The molecule has 0 atom stereocenters. The lowest BCUT2D eigenvalue weighted by molar-refractivity contribution is -0.116. The van der Waals surface area contributed by atoms with Gasteiger partial charge in [0.2, 0.25) is 5.91 Å². The molecule has 0 heterocycles. The minimum Gasteiger partial charge on any atom is -0.392 e. The molecule has 0 spiro atoms. The first-order valence-electron chi connectivity index (χ1n) is 6.66. The molecule has 0 saturated heterocycles. The van der Waals surface area contributed by atoms with Gasteiger partial charge in [-0.1, -0.05) is 26.0 Å². The highest BCUT2D eigenvalue weighted by molar-refractivity contribution is 5.90. The molecule has 4 heteroatoms. The van der Waals surface area contributed by atoms with Gasteiger partial charge in [-0.05, 0) is 42.5 Å².